The summed E-state index contributed by atoms with van der Waals surface area (Å²) >= 11 is 1.64. The molecule has 4 heteroatoms. The number of thiophene rings is 1. The second-order valence-corrected chi connectivity index (χ2v) is 6.81. The summed E-state index contributed by atoms with van der Waals surface area (Å²) in [4.78, 5) is 13.6. The molecule has 2 amide bonds. The molecule has 0 aliphatic rings. The van der Waals surface area contributed by atoms with Gasteiger partial charge in [0.1, 0.15) is 0 Å². The van der Waals surface area contributed by atoms with Crippen molar-refractivity contribution in [3.05, 3.63) is 87.6 Å². The SMILES string of the molecule is Cc1ccc([C@H](NC(=O)Nc2cccc(C)c2)c2cccs2)cc1. The van der Waals surface area contributed by atoms with Crippen molar-refractivity contribution in [2.75, 3.05) is 5.32 Å². The van der Waals surface area contributed by atoms with Crippen LogP contribution in [0.25, 0.3) is 0 Å². The Labute approximate surface area is 146 Å². The number of rotatable bonds is 4. The van der Waals surface area contributed by atoms with E-state index in [2.05, 4.69) is 41.8 Å². The van der Waals surface area contributed by atoms with Crippen LogP contribution in [0.15, 0.2) is 66.0 Å². The molecule has 122 valence electrons. The highest BCUT2D eigenvalue weighted by atomic mass is 32.1. The molecule has 0 unspecified atom stereocenters. The van der Waals surface area contributed by atoms with Crippen molar-refractivity contribution in [2.45, 2.75) is 19.9 Å². The molecule has 0 saturated heterocycles. The molecule has 2 aromatic carbocycles. The van der Waals surface area contributed by atoms with E-state index in [0.717, 1.165) is 21.7 Å². The van der Waals surface area contributed by atoms with Crippen molar-refractivity contribution in [3.8, 4) is 0 Å². The number of benzene rings is 2. The summed E-state index contributed by atoms with van der Waals surface area (Å²) in [6, 6.07) is 19.7. The van der Waals surface area contributed by atoms with Crippen LogP contribution in [0.1, 0.15) is 27.6 Å². The van der Waals surface area contributed by atoms with Gasteiger partial charge in [0.2, 0.25) is 0 Å². The van der Waals surface area contributed by atoms with E-state index in [1.54, 1.807) is 11.3 Å². The zero-order valence-corrected chi connectivity index (χ0v) is 14.6. The van der Waals surface area contributed by atoms with E-state index in [-0.39, 0.29) is 12.1 Å². The van der Waals surface area contributed by atoms with E-state index >= 15 is 0 Å². The predicted molar refractivity (Wildman–Crippen MR) is 101 cm³/mol. The molecule has 0 spiro atoms. The van der Waals surface area contributed by atoms with Crippen LogP contribution in [0, 0.1) is 13.8 Å². The quantitative estimate of drug-likeness (QED) is 0.669. The maximum Gasteiger partial charge on any atom is 0.320 e. The van der Waals surface area contributed by atoms with Gasteiger partial charge < -0.3 is 10.6 Å². The smallest absolute Gasteiger partial charge is 0.320 e. The molecule has 1 aromatic heterocycles. The van der Waals surface area contributed by atoms with Gasteiger partial charge in [0.05, 0.1) is 6.04 Å². The fourth-order valence-electron chi connectivity index (χ4n) is 2.55. The molecule has 0 aliphatic heterocycles. The van der Waals surface area contributed by atoms with Gasteiger partial charge in [0, 0.05) is 10.6 Å². The third-order valence-corrected chi connectivity index (χ3v) is 4.73. The zero-order valence-electron chi connectivity index (χ0n) is 13.7. The van der Waals surface area contributed by atoms with Gasteiger partial charge in [0.15, 0.2) is 0 Å². The molecular formula is C20H20N2OS. The first-order valence-electron chi connectivity index (χ1n) is 7.86. The van der Waals surface area contributed by atoms with Crippen molar-refractivity contribution in [2.24, 2.45) is 0 Å². The van der Waals surface area contributed by atoms with Crippen molar-refractivity contribution in [1.29, 1.82) is 0 Å². The highest BCUT2D eigenvalue weighted by molar-refractivity contribution is 7.10. The maximum absolute atomic E-state index is 12.5. The minimum atomic E-state index is -0.209. The fourth-order valence-corrected chi connectivity index (χ4v) is 3.36. The highest BCUT2D eigenvalue weighted by Crippen LogP contribution is 2.26. The Morgan fingerprint density at radius 1 is 0.958 bits per heavy atom. The second kappa shape index (κ2) is 7.32. The Hall–Kier alpha value is -2.59. The van der Waals surface area contributed by atoms with E-state index in [9.17, 15) is 4.79 Å². The monoisotopic (exact) mass is 336 g/mol. The molecule has 24 heavy (non-hydrogen) atoms. The lowest BCUT2D eigenvalue weighted by Gasteiger charge is -2.19. The Morgan fingerprint density at radius 3 is 2.42 bits per heavy atom. The molecule has 2 N–H and O–H groups in total. The van der Waals surface area contributed by atoms with Gasteiger partial charge in [-0.3, -0.25) is 0 Å². The predicted octanol–water partition coefficient (Wildman–Crippen LogP) is 5.28. The number of urea groups is 1. The Kier molecular flexibility index (Phi) is 4.96. The van der Waals surface area contributed by atoms with Crippen LogP contribution < -0.4 is 10.6 Å². The molecule has 3 aromatic rings. The van der Waals surface area contributed by atoms with Crippen molar-refractivity contribution < 1.29 is 4.79 Å². The summed E-state index contributed by atoms with van der Waals surface area (Å²) in [7, 11) is 0. The highest BCUT2D eigenvalue weighted by Gasteiger charge is 2.17. The van der Waals surface area contributed by atoms with Crippen molar-refractivity contribution in [1.82, 2.24) is 5.32 Å². The number of hydrogen-bond acceptors (Lipinski definition) is 2. The summed E-state index contributed by atoms with van der Waals surface area (Å²) in [5.74, 6) is 0. The summed E-state index contributed by atoms with van der Waals surface area (Å²) in [5.41, 5.74) is 4.18. The van der Waals surface area contributed by atoms with Crippen LogP contribution in [-0.2, 0) is 0 Å². The third kappa shape index (κ3) is 4.03. The molecule has 1 heterocycles. The second-order valence-electron chi connectivity index (χ2n) is 5.83. The minimum Gasteiger partial charge on any atom is -0.326 e. The van der Waals surface area contributed by atoms with Crippen molar-refractivity contribution in [3.63, 3.8) is 0 Å². The molecule has 0 saturated carbocycles. The van der Waals surface area contributed by atoms with Gasteiger partial charge in [-0.1, -0.05) is 48.0 Å². The third-order valence-electron chi connectivity index (χ3n) is 3.79. The summed E-state index contributed by atoms with van der Waals surface area (Å²) in [6.45, 7) is 4.06. The Balaban J connectivity index is 1.79. The molecule has 0 bridgehead atoms. The number of hydrogen-bond donors (Lipinski definition) is 2. The van der Waals surface area contributed by atoms with Crippen LogP contribution in [0.4, 0.5) is 10.5 Å². The van der Waals surface area contributed by atoms with Gasteiger partial charge in [-0.05, 0) is 48.6 Å². The van der Waals surface area contributed by atoms with E-state index in [4.69, 9.17) is 0 Å². The van der Waals surface area contributed by atoms with Crippen LogP contribution in [0.3, 0.4) is 0 Å². The van der Waals surface area contributed by atoms with Gasteiger partial charge >= 0.3 is 6.03 Å². The largest absolute Gasteiger partial charge is 0.326 e. The topological polar surface area (TPSA) is 41.1 Å². The zero-order chi connectivity index (χ0) is 16.9. The first-order valence-corrected chi connectivity index (χ1v) is 8.74. The number of amides is 2. The molecule has 3 nitrogen and oxygen atoms in total. The summed E-state index contributed by atoms with van der Waals surface area (Å²) in [6.07, 6.45) is 0. The van der Waals surface area contributed by atoms with Gasteiger partial charge in [-0.15, -0.1) is 11.3 Å². The Morgan fingerprint density at radius 2 is 1.75 bits per heavy atom. The lowest BCUT2D eigenvalue weighted by Crippen LogP contribution is -2.32. The average Bonchev–Trinajstić information content (AvgIpc) is 3.08. The number of carbonyl (C=O) groups excluding carboxylic acids is 1. The first kappa shape index (κ1) is 16.3. The number of aryl methyl sites for hydroxylation is 2. The van der Waals surface area contributed by atoms with E-state index in [1.165, 1.54) is 5.56 Å². The van der Waals surface area contributed by atoms with Crippen LogP contribution in [0.5, 0.6) is 0 Å². The lowest BCUT2D eigenvalue weighted by molar-refractivity contribution is 0.250. The van der Waals surface area contributed by atoms with Crippen LogP contribution >= 0.6 is 11.3 Å². The molecule has 0 fully saturated rings. The van der Waals surface area contributed by atoms with E-state index < -0.39 is 0 Å². The van der Waals surface area contributed by atoms with Gasteiger partial charge in [-0.25, -0.2) is 4.79 Å². The summed E-state index contributed by atoms with van der Waals surface area (Å²) < 4.78 is 0. The van der Waals surface area contributed by atoms with E-state index in [0.29, 0.717) is 0 Å². The molecule has 0 radical (unpaired) electrons. The first-order chi connectivity index (χ1) is 11.6. The molecule has 1 atom stereocenters. The van der Waals surface area contributed by atoms with Crippen molar-refractivity contribution >= 4 is 23.1 Å². The maximum atomic E-state index is 12.5. The molecular weight excluding hydrogens is 316 g/mol. The van der Waals surface area contributed by atoms with Gasteiger partial charge in [-0.2, -0.15) is 0 Å². The number of nitrogens with one attached hydrogen (secondary N) is 2. The lowest BCUT2D eigenvalue weighted by atomic mass is 10.0. The minimum absolute atomic E-state index is 0.157. The Bertz CT molecular complexity index is 810. The molecule has 0 aliphatic carbocycles. The number of carbonyl (C=O) groups is 1. The van der Waals surface area contributed by atoms with Gasteiger partial charge in [0.25, 0.3) is 0 Å². The van der Waals surface area contributed by atoms with Crippen LogP contribution in [0.2, 0.25) is 0 Å². The van der Waals surface area contributed by atoms with Crippen LogP contribution in [-0.4, -0.2) is 6.03 Å². The molecule has 3 rings (SSSR count). The normalized spacial score (nSPS) is 11.8. The van der Waals surface area contributed by atoms with E-state index in [1.807, 2.05) is 48.7 Å². The number of anilines is 1. The fraction of sp³-hybridized carbons (Fsp3) is 0.150. The average molecular weight is 336 g/mol. The standard InChI is InChI=1S/C20H20N2OS/c1-14-8-10-16(11-9-14)19(18-7-4-12-24-18)22-20(23)21-17-6-3-5-15(2)13-17/h3-13,19H,1-2H3,(H2,21,22,23)/t19-/m0/s1. The summed E-state index contributed by atoms with van der Waals surface area (Å²) in [5, 5.41) is 8.02.